The molecule has 3 aromatic heterocycles. The van der Waals surface area contributed by atoms with Crippen molar-refractivity contribution in [1.82, 2.24) is 19.5 Å². The van der Waals surface area contributed by atoms with Gasteiger partial charge in [-0.2, -0.15) is 0 Å². The Hall–Kier alpha value is -7.63. The zero-order valence-electron chi connectivity index (χ0n) is 30.2. The Morgan fingerprint density at radius 2 is 0.875 bits per heavy atom. The summed E-state index contributed by atoms with van der Waals surface area (Å²) in [5, 5.41) is 4.60. The molecule has 11 aromatic rings. The summed E-state index contributed by atoms with van der Waals surface area (Å²) in [6.45, 7) is 0. The van der Waals surface area contributed by atoms with Crippen LogP contribution in [-0.4, -0.2) is 19.5 Å². The van der Waals surface area contributed by atoms with E-state index in [0.717, 1.165) is 72.0 Å². The molecule has 5 heteroatoms. The maximum absolute atomic E-state index is 6.19. The highest BCUT2D eigenvalue weighted by molar-refractivity contribution is 6.16. The maximum atomic E-state index is 6.19. The van der Waals surface area contributed by atoms with Crippen LogP contribution in [0, 0.1) is 0 Å². The van der Waals surface area contributed by atoms with Crippen LogP contribution in [0.2, 0.25) is 0 Å². The monoisotopic (exact) mass is 716 g/mol. The van der Waals surface area contributed by atoms with Crippen molar-refractivity contribution < 1.29 is 4.42 Å². The number of hydrogen-bond donors (Lipinski definition) is 0. The van der Waals surface area contributed by atoms with Gasteiger partial charge in [0.05, 0.1) is 11.0 Å². The largest absolute Gasteiger partial charge is 0.456 e. The third kappa shape index (κ3) is 5.37. The van der Waals surface area contributed by atoms with Crippen LogP contribution in [0.5, 0.6) is 0 Å². The van der Waals surface area contributed by atoms with Crippen molar-refractivity contribution in [1.29, 1.82) is 0 Å². The molecule has 0 spiro atoms. The maximum Gasteiger partial charge on any atom is 0.164 e. The molecule has 0 saturated carbocycles. The van der Waals surface area contributed by atoms with Gasteiger partial charge in [0.1, 0.15) is 11.2 Å². The summed E-state index contributed by atoms with van der Waals surface area (Å²) in [4.78, 5) is 15.2. The summed E-state index contributed by atoms with van der Waals surface area (Å²) in [7, 11) is 0. The Balaban J connectivity index is 1.05. The first-order chi connectivity index (χ1) is 27.7. The fourth-order valence-corrected chi connectivity index (χ4v) is 8.01. The van der Waals surface area contributed by atoms with Gasteiger partial charge in [-0.25, -0.2) is 15.0 Å². The molecule has 0 unspecified atom stereocenters. The van der Waals surface area contributed by atoms with Gasteiger partial charge >= 0.3 is 0 Å². The first kappa shape index (κ1) is 31.9. The highest BCUT2D eigenvalue weighted by Gasteiger charge is 2.19. The molecule has 5 nitrogen and oxygen atoms in total. The van der Waals surface area contributed by atoms with E-state index in [4.69, 9.17) is 19.4 Å². The lowest BCUT2D eigenvalue weighted by atomic mass is 9.97. The summed E-state index contributed by atoms with van der Waals surface area (Å²) in [5.74, 6) is 1.89. The SMILES string of the molecule is c1ccc(-c2ccc(-c3nc(-c4ccccc4)nc(-c4cccc(-c5cccc6c5c5ccccc5n6-c5ccc6oc7ccccc7c6c5)c4)n3)cc2)cc1. The zero-order chi connectivity index (χ0) is 37.0. The molecule has 262 valence electrons. The second kappa shape index (κ2) is 13.0. The Morgan fingerprint density at radius 3 is 1.66 bits per heavy atom. The minimum absolute atomic E-state index is 0.623. The topological polar surface area (TPSA) is 56.7 Å². The first-order valence-electron chi connectivity index (χ1n) is 18.8. The molecule has 3 heterocycles. The van der Waals surface area contributed by atoms with Crippen LogP contribution in [-0.2, 0) is 0 Å². The van der Waals surface area contributed by atoms with Crippen molar-refractivity contribution in [2.75, 3.05) is 0 Å². The van der Waals surface area contributed by atoms with E-state index in [1.54, 1.807) is 0 Å². The number of para-hydroxylation sites is 2. The van der Waals surface area contributed by atoms with Crippen molar-refractivity contribution in [3.63, 3.8) is 0 Å². The third-order valence-corrected chi connectivity index (χ3v) is 10.7. The number of fused-ring (bicyclic) bond motifs is 6. The van der Waals surface area contributed by atoms with Gasteiger partial charge in [0.15, 0.2) is 17.5 Å². The molecule has 0 fully saturated rings. The van der Waals surface area contributed by atoms with Gasteiger partial charge < -0.3 is 8.98 Å². The fraction of sp³-hybridized carbons (Fsp3) is 0. The van der Waals surface area contributed by atoms with Crippen LogP contribution in [0.3, 0.4) is 0 Å². The lowest BCUT2D eigenvalue weighted by Crippen LogP contribution is -2.00. The molecule has 0 amide bonds. The molecule has 56 heavy (non-hydrogen) atoms. The van der Waals surface area contributed by atoms with Gasteiger partial charge in [-0.15, -0.1) is 0 Å². The zero-order valence-corrected chi connectivity index (χ0v) is 30.2. The van der Waals surface area contributed by atoms with Crippen molar-refractivity contribution in [2.45, 2.75) is 0 Å². The van der Waals surface area contributed by atoms with E-state index in [0.29, 0.717) is 17.5 Å². The van der Waals surface area contributed by atoms with E-state index in [1.165, 1.54) is 16.3 Å². The Bertz CT molecular complexity index is 3240. The lowest BCUT2D eigenvalue weighted by molar-refractivity contribution is 0.669. The molecule has 8 aromatic carbocycles. The minimum Gasteiger partial charge on any atom is -0.456 e. The average molecular weight is 717 g/mol. The average Bonchev–Trinajstić information content (AvgIpc) is 3.82. The van der Waals surface area contributed by atoms with Crippen molar-refractivity contribution in [2.24, 2.45) is 0 Å². The number of furan rings is 1. The first-order valence-corrected chi connectivity index (χ1v) is 18.8. The van der Waals surface area contributed by atoms with E-state index < -0.39 is 0 Å². The van der Waals surface area contributed by atoms with E-state index in [-0.39, 0.29) is 0 Å². The quantitative estimate of drug-likeness (QED) is 0.172. The van der Waals surface area contributed by atoms with Gasteiger partial charge in [0.2, 0.25) is 0 Å². The van der Waals surface area contributed by atoms with Crippen LogP contribution in [0.1, 0.15) is 0 Å². The summed E-state index contributed by atoms with van der Waals surface area (Å²) < 4.78 is 8.55. The standard InChI is InChI=1S/C51H32N4O/c1-3-13-33(14-4-1)34-25-27-36(28-26-34)50-52-49(35-15-5-2-6-16-35)53-51(54-50)38-18-11-17-37(31-38)40-21-12-23-45-48(40)42-20-7-9-22-44(42)55(45)39-29-30-47-43(32-39)41-19-8-10-24-46(41)56-47/h1-32H. The van der Waals surface area contributed by atoms with E-state index in [2.05, 4.69) is 150 Å². The third-order valence-electron chi connectivity index (χ3n) is 10.7. The fourth-order valence-electron chi connectivity index (χ4n) is 8.01. The minimum atomic E-state index is 0.623. The molecule has 0 aliphatic heterocycles. The van der Waals surface area contributed by atoms with Gasteiger partial charge in [0.25, 0.3) is 0 Å². The van der Waals surface area contributed by atoms with Gasteiger partial charge in [0, 0.05) is 43.9 Å². The van der Waals surface area contributed by atoms with Crippen molar-refractivity contribution in [3.8, 4) is 62.1 Å². The van der Waals surface area contributed by atoms with Crippen LogP contribution in [0.25, 0.3) is 106 Å². The van der Waals surface area contributed by atoms with Gasteiger partial charge in [-0.3, -0.25) is 0 Å². The second-order valence-corrected chi connectivity index (χ2v) is 14.0. The summed E-state index contributed by atoms with van der Waals surface area (Å²) >= 11 is 0. The smallest absolute Gasteiger partial charge is 0.164 e. The number of rotatable bonds is 6. The Labute approximate surface area is 322 Å². The molecule has 0 atom stereocenters. The molecular weight excluding hydrogens is 685 g/mol. The summed E-state index contributed by atoms with van der Waals surface area (Å²) in [5.41, 5.74) is 12.5. The van der Waals surface area contributed by atoms with Crippen LogP contribution in [0.4, 0.5) is 0 Å². The predicted octanol–water partition coefficient (Wildman–Crippen LogP) is 13.2. The Morgan fingerprint density at radius 1 is 0.339 bits per heavy atom. The molecular formula is C51H32N4O. The Kier molecular flexibility index (Phi) is 7.42. The lowest BCUT2D eigenvalue weighted by Gasteiger charge is -2.11. The summed E-state index contributed by atoms with van der Waals surface area (Å²) in [6.07, 6.45) is 0. The van der Waals surface area contributed by atoms with Gasteiger partial charge in [-0.05, 0) is 64.7 Å². The number of aromatic nitrogens is 4. The second-order valence-electron chi connectivity index (χ2n) is 14.0. The number of nitrogens with zero attached hydrogens (tertiary/aromatic N) is 4. The van der Waals surface area contributed by atoms with E-state index in [1.807, 2.05) is 48.5 Å². The van der Waals surface area contributed by atoms with Crippen molar-refractivity contribution in [3.05, 3.63) is 194 Å². The molecule has 0 N–H and O–H groups in total. The highest BCUT2D eigenvalue weighted by atomic mass is 16.3. The molecule has 0 aliphatic rings. The number of hydrogen-bond acceptors (Lipinski definition) is 4. The van der Waals surface area contributed by atoms with Crippen LogP contribution in [0.15, 0.2) is 199 Å². The molecule has 11 rings (SSSR count). The predicted molar refractivity (Wildman–Crippen MR) is 229 cm³/mol. The number of benzene rings is 8. The van der Waals surface area contributed by atoms with E-state index >= 15 is 0 Å². The van der Waals surface area contributed by atoms with E-state index in [9.17, 15) is 0 Å². The normalized spacial score (nSPS) is 11.6. The molecule has 0 aliphatic carbocycles. The highest BCUT2D eigenvalue weighted by Crippen LogP contribution is 2.40. The van der Waals surface area contributed by atoms with Gasteiger partial charge in [-0.1, -0.05) is 152 Å². The molecule has 0 radical (unpaired) electrons. The summed E-state index contributed by atoms with van der Waals surface area (Å²) in [6, 6.07) is 67.5. The van der Waals surface area contributed by atoms with Crippen LogP contribution >= 0.6 is 0 Å². The molecule has 0 bridgehead atoms. The van der Waals surface area contributed by atoms with Crippen LogP contribution < -0.4 is 0 Å². The van der Waals surface area contributed by atoms with Crippen molar-refractivity contribution >= 4 is 43.7 Å². The molecule has 0 saturated heterocycles.